The Balaban J connectivity index is 2.47. The molecule has 5 heteroatoms. The highest BCUT2D eigenvalue weighted by Gasteiger charge is 2.04. The number of rotatable bonds is 2. The number of pyridine rings is 1. The van der Waals surface area contributed by atoms with Crippen LogP contribution in [0.4, 0.5) is 0 Å². The molecule has 0 radical (unpaired) electrons. The molecule has 2 aromatic heterocycles. The van der Waals surface area contributed by atoms with Gasteiger partial charge in [-0.3, -0.25) is 4.98 Å². The van der Waals surface area contributed by atoms with Gasteiger partial charge in [0, 0.05) is 25.4 Å². The first-order valence-electron chi connectivity index (χ1n) is 4.30. The third-order valence-electron chi connectivity index (χ3n) is 2.00. The van der Waals surface area contributed by atoms with Crippen LogP contribution in [-0.2, 0) is 13.6 Å². The van der Waals surface area contributed by atoms with Crippen LogP contribution in [0.2, 0.25) is 0 Å². The van der Waals surface area contributed by atoms with Crippen molar-refractivity contribution in [2.75, 3.05) is 0 Å². The van der Waals surface area contributed by atoms with Crippen LogP contribution in [-0.4, -0.2) is 19.7 Å². The van der Waals surface area contributed by atoms with E-state index in [1.807, 2.05) is 23.7 Å². The summed E-state index contributed by atoms with van der Waals surface area (Å²) in [4.78, 5) is 4.11. The summed E-state index contributed by atoms with van der Waals surface area (Å²) in [6, 6.07) is 3.81. The molecule has 14 heavy (non-hydrogen) atoms. The summed E-state index contributed by atoms with van der Waals surface area (Å²) in [5.41, 5.74) is 7.34. The quantitative estimate of drug-likeness (QED) is 0.739. The van der Waals surface area contributed by atoms with Gasteiger partial charge in [0.2, 0.25) is 0 Å². The molecule has 0 unspecified atom stereocenters. The van der Waals surface area contributed by atoms with E-state index in [2.05, 4.69) is 15.2 Å². The van der Waals surface area contributed by atoms with Crippen molar-refractivity contribution in [2.45, 2.75) is 6.54 Å². The molecule has 2 aromatic rings. The molecule has 0 saturated heterocycles. The molecule has 5 nitrogen and oxygen atoms in total. The summed E-state index contributed by atoms with van der Waals surface area (Å²) in [5, 5.41) is 7.82. The van der Waals surface area contributed by atoms with Crippen LogP contribution >= 0.6 is 0 Å². The van der Waals surface area contributed by atoms with Crippen LogP contribution in [0.25, 0.3) is 11.4 Å². The Morgan fingerprint density at radius 2 is 2.36 bits per heavy atom. The van der Waals surface area contributed by atoms with Crippen molar-refractivity contribution in [3.05, 3.63) is 30.4 Å². The van der Waals surface area contributed by atoms with Gasteiger partial charge in [0.1, 0.15) is 6.33 Å². The van der Waals surface area contributed by atoms with Gasteiger partial charge in [-0.15, -0.1) is 10.2 Å². The lowest BCUT2D eigenvalue weighted by Crippen LogP contribution is -2.00. The Hall–Kier alpha value is -1.75. The molecule has 0 atom stereocenters. The second-order valence-corrected chi connectivity index (χ2v) is 3.01. The lowest BCUT2D eigenvalue weighted by Gasteiger charge is -2.01. The fraction of sp³-hybridized carbons (Fsp3) is 0.222. The molecule has 0 aromatic carbocycles. The number of aromatic nitrogens is 4. The first-order valence-corrected chi connectivity index (χ1v) is 4.30. The summed E-state index contributed by atoms with van der Waals surface area (Å²) >= 11 is 0. The minimum atomic E-state index is 0.436. The van der Waals surface area contributed by atoms with E-state index in [0.29, 0.717) is 6.54 Å². The Labute approximate surface area is 81.6 Å². The average molecular weight is 189 g/mol. The van der Waals surface area contributed by atoms with Crippen molar-refractivity contribution in [1.29, 1.82) is 0 Å². The van der Waals surface area contributed by atoms with Crippen molar-refractivity contribution in [3.63, 3.8) is 0 Å². The molecule has 72 valence electrons. The van der Waals surface area contributed by atoms with Crippen LogP contribution in [0.5, 0.6) is 0 Å². The number of nitrogens with two attached hydrogens (primary N) is 1. The smallest absolute Gasteiger partial charge is 0.163 e. The van der Waals surface area contributed by atoms with E-state index in [0.717, 1.165) is 17.1 Å². The third-order valence-corrected chi connectivity index (χ3v) is 2.00. The Morgan fingerprint density at radius 1 is 1.50 bits per heavy atom. The van der Waals surface area contributed by atoms with Gasteiger partial charge in [-0.2, -0.15) is 0 Å². The number of hydrogen-bond donors (Lipinski definition) is 1. The van der Waals surface area contributed by atoms with Gasteiger partial charge in [-0.25, -0.2) is 0 Å². The maximum Gasteiger partial charge on any atom is 0.163 e. The standard InChI is InChI=1S/C9H11N5/c1-14-6-12-13-9(14)7-2-3-11-8(4-7)5-10/h2-4,6H,5,10H2,1H3. The summed E-state index contributed by atoms with van der Waals surface area (Å²) < 4.78 is 1.86. The first kappa shape index (κ1) is 8.83. The van der Waals surface area contributed by atoms with E-state index in [1.165, 1.54) is 0 Å². The monoisotopic (exact) mass is 189 g/mol. The topological polar surface area (TPSA) is 69.6 Å². The predicted molar refractivity (Wildman–Crippen MR) is 52.1 cm³/mol. The summed E-state index contributed by atoms with van der Waals surface area (Å²) in [6.07, 6.45) is 3.39. The van der Waals surface area contributed by atoms with Crippen molar-refractivity contribution in [1.82, 2.24) is 19.7 Å². The highest BCUT2D eigenvalue weighted by Crippen LogP contribution is 2.15. The summed E-state index contributed by atoms with van der Waals surface area (Å²) in [7, 11) is 1.90. The maximum absolute atomic E-state index is 5.50. The lowest BCUT2D eigenvalue weighted by molar-refractivity contribution is 0.916. The predicted octanol–water partition coefficient (Wildman–Crippen LogP) is 0.336. The number of aryl methyl sites for hydroxylation is 1. The molecule has 0 amide bonds. The average Bonchev–Trinajstić information content (AvgIpc) is 2.65. The van der Waals surface area contributed by atoms with Gasteiger partial charge in [-0.1, -0.05) is 0 Å². The van der Waals surface area contributed by atoms with E-state index in [9.17, 15) is 0 Å². The van der Waals surface area contributed by atoms with Crippen molar-refractivity contribution >= 4 is 0 Å². The molecule has 0 spiro atoms. The van der Waals surface area contributed by atoms with E-state index in [-0.39, 0.29) is 0 Å². The van der Waals surface area contributed by atoms with Crippen LogP contribution < -0.4 is 5.73 Å². The third kappa shape index (κ3) is 1.49. The SMILES string of the molecule is Cn1cnnc1-c1ccnc(CN)c1. The van der Waals surface area contributed by atoms with E-state index in [4.69, 9.17) is 5.73 Å². The lowest BCUT2D eigenvalue weighted by atomic mass is 10.2. The molecule has 0 aliphatic carbocycles. The van der Waals surface area contributed by atoms with Crippen LogP contribution in [0, 0.1) is 0 Å². The normalized spacial score (nSPS) is 10.4. The molecule has 0 aliphatic heterocycles. The second kappa shape index (κ2) is 3.55. The highest BCUT2D eigenvalue weighted by molar-refractivity contribution is 5.54. The van der Waals surface area contributed by atoms with Gasteiger partial charge in [0.25, 0.3) is 0 Å². The van der Waals surface area contributed by atoms with Crippen molar-refractivity contribution < 1.29 is 0 Å². The largest absolute Gasteiger partial charge is 0.325 e. The molecule has 0 aliphatic rings. The van der Waals surface area contributed by atoms with Gasteiger partial charge >= 0.3 is 0 Å². The van der Waals surface area contributed by atoms with Gasteiger partial charge in [0.05, 0.1) is 5.69 Å². The van der Waals surface area contributed by atoms with Crippen molar-refractivity contribution in [2.24, 2.45) is 12.8 Å². The maximum atomic E-state index is 5.50. The van der Waals surface area contributed by atoms with Gasteiger partial charge in [-0.05, 0) is 12.1 Å². The van der Waals surface area contributed by atoms with Crippen LogP contribution in [0.15, 0.2) is 24.7 Å². The molecule has 2 N–H and O–H groups in total. The zero-order valence-electron chi connectivity index (χ0n) is 7.88. The zero-order chi connectivity index (χ0) is 9.97. The molecule has 2 rings (SSSR count). The molecule has 2 heterocycles. The molecule has 0 fully saturated rings. The molecular weight excluding hydrogens is 178 g/mol. The molecule has 0 saturated carbocycles. The van der Waals surface area contributed by atoms with Crippen LogP contribution in [0.1, 0.15) is 5.69 Å². The van der Waals surface area contributed by atoms with E-state index in [1.54, 1.807) is 12.5 Å². The fourth-order valence-electron chi connectivity index (χ4n) is 1.27. The fourth-order valence-corrected chi connectivity index (χ4v) is 1.27. The number of hydrogen-bond acceptors (Lipinski definition) is 4. The Kier molecular flexibility index (Phi) is 2.24. The minimum absolute atomic E-state index is 0.436. The summed E-state index contributed by atoms with van der Waals surface area (Å²) in [6.45, 7) is 0.436. The van der Waals surface area contributed by atoms with Gasteiger partial charge in [0.15, 0.2) is 5.82 Å². The van der Waals surface area contributed by atoms with Crippen molar-refractivity contribution in [3.8, 4) is 11.4 Å². The van der Waals surface area contributed by atoms with E-state index < -0.39 is 0 Å². The Bertz CT molecular complexity index is 434. The summed E-state index contributed by atoms with van der Waals surface area (Å²) in [5.74, 6) is 0.821. The second-order valence-electron chi connectivity index (χ2n) is 3.01. The highest BCUT2D eigenvalue weighted by atomic mass is 15.2. The van der Waals surface area contributed by atoms with Crippen LogP contribution in [0.3, 0.4) is 0 Å². The first-order chi connectivity index (χ1) is 6.81. The van der Waals surface area contributed by atoms with Gasteiger partial charge < -0.3 is 10.3 Å². The zero-order valence-corrected chi connectivity index (χ0v) is 7.88. The number of nitrogens with zero attached hydrogens (tertiary/aromatic N) is 4. The molecular formula is C9H11N5. The minimum Gasteiger partial charge on any atom is -0.325 e. The Morgan fingerprint density at radius 3 is 3.00 bits per heavy atom. The molecule has 0 bridgehead atoms. The van der Waals surface area contributed by atoms with E-state index >= 15 is 0 Å².